The van der Waals surface area contributed by atoms with Crippen LogP contribution in [0.2, 0.25) is 0 Å². The number of halogens is 3. The fraction of sp³-hybridized carbons (Fsp3) is 0.462. The number of alkyl halides is 3. The monoisotopic (exact) mass is 270 g/mol. The number of nitrogens with one attached hydrogen (secondary N) is 1. The molecule has 0 spiro atoms. The SMILES string of the molecule is O=C(N1c2ccccc2[C@@H]2CNCC[C@@H]21)C(F)(F)F. The molecular weight excluding hydrogens is 257 g/mol. The van der Waals surface area contributed by atoms with E-state index >= 15 is 0 Å². The van der Waals surface area contributed by atoms with Gasteiger partial charge in [0.25, 0.3) is 0 Å². The molecule has 1 fully saturated rings. The van der Waals surface area contributed by atoms with Crippen LogP contribution < -0.4 is 10.2 Å². The first-order valence-electron chi connectivity index (χ1n) is 6.20. The van der Waals surface area contributed by atoms with Gasteiger partial charge in [-0.15, -0.1) is 0 Å². The van der Waals surface area contributed by atoms with Crippen molar-refractivity contribution >= 4 is 11.6 Å². The number of hydrogen-bond acceptors (Lipinski definition) is 2. The fourth-order valence-corrected chi connectivity index (χ4v) is 3.07. The summed E-state index contributed by atoms with van der Waals surface area (Å²) in [7, 11) is 0. The van der Waals surface area contributed by atoms with Crippen molar-refractivity contribution in [1.82, 2.24) is 5.32 Å². The molecule has 0 aromatic heterocycles. The van der Waals surface area contributed by atoms with Crippen molar-refractivity contribution in [2.75, 3.05) is 18.0 Å². The van der Waals surface area contributed by atoms with E-state index in [9.17, 15) is 18.0 Å². The van der Waals surface area contributed by atoms with Crippen LogP contribution in [0.25, 0.3) is 0 Å². The molecule has 1 amide bonds. The Hall–Kier alpha value is -1.56. The molecular formula is C13H13F3N2O. The molecule has 3 rings (SSSR count). The standard InChI is InChI=1S/C13H13F3N2O/c14-13(15,16)12(19)18-10-4-2-1-3-8(10)9-7-17-6-5-11(9)18/h1-4,9,11,17H,5-7H2/t9-,11-/m0/s1. The van der Waals surface area contributed by atoms with Crippen molar-refractivity contribution in [3.63, 3.8) is 0 Å². The zero-order valence-corrected chi connectivity index (χ0v) is 10.1. The maximum absolute atomic E-state index is 12.7. The number of piperidine rings is 1. The van der Waals surface area contributed by atoms with Gasteiger partial charge in [0.05, 0.1) is 0 Å². The molecule has 1 N–H and O–H groups in total. The van der Waals surface area contributed by atoms with E-state index in [0.717, 1.165) is 10.5 Å². The maximum atomic E-state index is 12.7. The first-order chi connectivity index (χ1) is 9.00. The fourth-order valence-electron chi connectivity index (χ4n) is 3.07. The van der Waals surface area contributed by atoms with Crippen LogP contribution in [0.5, 0.6) is 0 Å². The zero-order valence-electron chi connectivity index (χ0n) is 10.1. The predicted molar refractivity (Wildman–Crippen MR) is 64.0 cm³/mol. The highest BCUT2D eigenvalue weighted by atomic mass is 19.4. The molecule has 0 bridgehead atoms. The van der Waals surface area contributed by atoms with Crippen molar-refractivity contribution < 1.29 is 18.0 Å². The lowest BCUT2D eigenvalue weighted by Crippen LogP contribution is -2.50. The highest BCUT2D eigenvalue weighted by Crippen LogP contribution is 2.44. The topological polar surface area (TPSA) is 32.3 Å². The number of anilines is 1. The van der Waals surface area contributed by atoms with Crippen molar-refractivity contribution in [2.24, 2.45) is 0 Å². The van der Waals surface area contributed by atoms with Gasteiger partial charge in [-0.25, -0.2) is 0 Å². The first-order valence-corrected chi connectivity index (χ1v) is 6.20. The molecule has 3 nitrogen and oxygen atoms in total. The van der Waals surface area contributed by atoms with E-state index in [4.69, 9.17) is 0 Å². The Bertz CT molecular complexity index is 515. The van der Waals surface area contributed by atoms with E-state index in [1.54, 1.807) is 18.2 Å². The van der Waals surface area contributed by atoms with Gasteiger partial charge >= 0.3 is 12.1 Å². The van der Waals surface area contributed by atoms with E-state index in [1.807, 2.05) is 6.07 Å². The number of fused-ring (bicyclic) bond motifs is 3. The van der Waals surface area contributed by atoms with Crippen molar-refractivity contribution in [2.45, 2.75) is 24.6 Å². The van der Waals surface area contributed by atoms with Crippen molar-refractivity contribution in [3.8, 4) is 0 Å². The molecule has 1 saturated heterocycles. The normalized spacial score (nSPS) is 25.9. The van der Waals surface area contributed by atoms with E-state index in [-0.39, 0.29) is 12.0 Å². The second-order valence-electron chi connectivity index (χ2n) is 4.90. The molecule has 102 valence electrons. The minimum Gasteiger partial charge on any atom is -0.316 e. The largest absolute Gasteiger partial charge is 0.471 e. The van der Waals surface area contributed by atoms with Gasteiger partial charge in [0.1, 0.15) is 0 Å². The number of amides is 1. The Morgan fingerprint density at radius 3 is 2.79 bits per heavy atom. The zero-order chi connectivity index (χ0) is 13.6. The quantitative estimate of drug-likeness (QED) is 0.782. The third-order valence-electron chi connectivity index (χ3n) is 3.83. The van der Waals surface area contributed by atoms with Crippen LogP contribution in [0.15, 0.2) is 24.3 Å². The second kappa shape index (κ2) is 4.23. The number of carbonyl (C=O) groups is 1. The first kappa shape index (κ1) is 12.5. The molecule has 0 aliphatic carbocycles. The van der Waals surface area contributed by atoms with Gasteiger partial charge in [0, 0.05) is 24.2 Å². The number of hydrogen-bond donors (Lipinski definition) is 1. The van der Waals surface area contributed by atoms with Crippen LogP contribution in [0.1, 0.15) is 17.9 Å². The molecule has 6 heteroatoms. The van der Waals surface area contributed by atoms with Crippen LogP contribution in [-0.2, 0) is 4.79 Å². The van der Waals surface area contributed by atoms with Crippen LogP contribution in [-0.4, -0.2) is 31.2 Å². The number of rotatable bonds is 0. The van der Waals surface area contributed by atoms with Gasteiger partial charge < -0.3 is 10.2 Å². The van der Waals surface area contributed by atoms with Gasteiger partial charge in [-0.05, 0) is 24.6 Å². The summed E-state index contributed by atoms with van der Waals surface area (Å²) in [6.07, 6.45) is -4.28. The number of nitrogens with zero attached hydrogens (tertiary/aromatic N) is 1. The summed E-state index contributed by atoms with van der Waals surface area (Å²) in [5.74, 6) is -1.80. The van der Waals surface area contributed by atoms with Crippen LogP contribution in [0, 0.1) is 0 Å². The van der Waals surface area contributed by atoms with E-state index < -0.39 is 12.1 Å². The Balaban J connectivity index is 2.06. The Kier molecular flexibility index (Phi) is 2.78. The Labute approximate surface area is 108 Å². The summed E-state index contributed by atoms with van der Waals surface area (Å²) in [5, 5.41) is 3.18. The van der Waals surface area contributed by atoms with Gasteiger partial charge in [0.2, 0.25) is 0 Å². The lowest BCUT2D eigenvalue weighted by atomic mass is 9.90. The third-order valence-corrected chi connectivity index (χ3v) is 3.83. The number of benzene rings is 1. The van der Waals surface area contributed by atoms with Gasteiger partial charge in [-0.2, -0.15) is 13.2 Å². The number of carbonyl (C=O) groups excluding carboxylic acids is 1. The van der Waals surface area contributed by atoms with Gasteiger partial charge in [0.15, 0.2) is 0 Å². The van der Waals surface area contributed by atoms with E-state index in [1.165, 1.54) is 0 Å². The van der Waals surface area contributed by atoms with E-state index in [0.29, 0.717) is 25.2 Å². The lowest BCUT2D eigenvalue weighted by molar-refractivity contribution is -0.171. The summed E-state index contributed by atoms with van der Waals surface area (Å²) in [6.45, 7) is 1.25. The molecule has 2 aliphatic heterocycles. The predicted octanol–water partition coefficient (Wildman–Crippen LogP) is 2.04. The maximum Gasteiger partial charge on any atom is 0.471 e. The molecule has 2 aliphatic rings. The lowest BCUT2D eigenvalue weighted by Gasteiger charge is -2.32. The molecule has 1 aromatic rings. The van der Waals surface area contributed by atoms with Crippen LogP contribution in [0.4, 0.5) is 18.9 Å². The summed E-state index contributed by atoms with van der Waals surface area (Å²) >= 11 is 0. The summed E-state index contributed by atoms with van der Waals surface area (Å²) in [5.41, 5.74) is 1.24. The Morgan fingerprint density at radius 2 is 2.05 bits per heavy atom. The average Bonchev–Trinajstić information content (AvgIpc) is 2.71. The molecule has 0 saturated carbocycles. The van der Waals surface area contributed by atoms with Crippen LogP contribution in [0.3, 0.4) is 0 Å². The molecule has 0 radical (unpaired) electrons. The summed E-state index contributed by atoms with van der Waals surface area (Å²) in [4.78, 5) is 12.6. The van der Waals surface area contributed by atoms with Crippen molar-refractivity contribution in [1.29, 1.82) is 0 Å². The molecule has 19 heavy (non-hydrogen) atoms. The van der Waals surface area contributed by atoms with Gasteiger partial charge in [-0.3, -0.25) is 4.79 Å². The smallest absolute Gasteiger partial charge is 0.316 e. The molecule has 1 aromatic carbocycles. The van der Waals surface area contributed by atoms with Crippen LogP contribution >= 0.6 is 0 Å². The van der Waals surface area contributed by atoms with Crippen molar-refractivity contribution in [3.05, 3.63) is 29.8 Å². The number of para-hydroxylation sites is 1. The molecule has 0 unspecified atom stereocenters. The average molecular weight is 270 g/mol. The second-order valence-corrected chi connectivity index (χ2v) is 4.90. The highest BCUT2D eigenvalue weighted by molar-refractivity contribution is 6.00. The molecule has 2 atom stereocenters. The highest BCUT2D eigenvalue weighted by Gasteiger charge is 2.51. The Morgan fingerprint density at radius 1 is 1.32 bits per heavy atom. The minimum atomic E-state index is -4.83. The third kappa shape index (κ3) is 1.90. The molecule has 2 heterocycles. The van der Waals surface area contributed by atoms with E-state index in [2.05, 4.69) is 5.32 Å². The minimum absolute atomic E-state index is 0.0451. The van der Waals surface area contributed by atoms with Gasteiger partial charge in [-0.1, -0.05) is 18.2 Å². The summed E-state index contributed by atoms with van der Waals surface area (Å²) < 4.78 is 38.2. The summed E-state index contributed by atoms with van der Waals surface area (Å²) in [6, 6.07) is 6.49.